The fourth-order valence-corrected chi connectivity index (χ4v) is 2.35. The van der Waals surface area contributed by atoms with E-state index in [4.69, 9.17) is 10.00 Å². The summed E-state index contributed by atoms with van der Waals surface area (Å²) in [5.74, 6) is 0.727. The van der Waals surface area contributed by atoms with Crippen molar-refractivity contribution >= 4 is 31.9 Å². The highest BCUT2D eigenvalue weighted by Gasteiger charge is 2.04. The third-order valence-electron chi connectivity index (χ3n) is 2.40. The predicted octanol–water partition coefficient (Wildman–Crippen LogP) is 4.66. The van der Waals surface area contributed by atoms with Crippen LogP contribution >= 0.6 is 31.9 Å². The molecule has 0 saturated carbocycles. The van der Waals surface area contributed by atoms with Crippen LogP contribution in [0.25, 0.3) is 0 Å². The Hall–Kier alpha value is -1.31. The molecule has 4 heteroatoms. The van der Waals surface area contributed by atoms with Gasteiger partial charge in [-0.1, -0.05) is 34.1 Å². The first-order valence-corrected chi connectivity index (χ1v) is 6.85. The van der Waals surface area contributed by atoms with Crippen LogP contribution in [0.3, 0.4) is 0 Å². The van der Waals surface area contributed by atoms with Crippen molar-refractivity contribution in [3.63, 3.8) is 0 Å². The van der Waals surface area contributed by atoms with E-state index < -0.39 is 0 Å². The molecule has 0 radical (unpaired) electrons. The van der Waals surface area contributed by atoms with Crippen molar-refractivity contribution in [3.8, 4) is 11.8 Å². The molecule has 0 heterocycles. The van der Waals surface area contributed by atoms with Crippen molar-refractivity contribution in [3.05, 3.63) is 62.5 Å². The van der Waals surface area contributed by atoms with Gasteiger partial charge in [-0.15, -0.1) is 0 Å². The van der Waals surface area contributed by atoms with E-state index in [1.165, 1.54) is 0 Å². The van der Waals surface area contributed by atoms with Crippen LogP contribution < -0.4 is 4.74 Å². The van der Waals surface area contributed by atoms with Gasteiger partial charge in [0.1, 0.15) is 12.4 Å². The van der Waals surface area contributed by atoms with Crippen molar-refractivity contribution < 1.29 is 4.74 Å². The summed E-state index contributed by atoms with van der Waals surface area (Å²) >= 11 is 6.87. The molecule has 0 unspecified atom stereocenters. The van der Waals surface area contributed by atoms with Crippen LogP contribution in [0.15, 0.2) is 51.4 Å². The van der Waals surface area contributed by atoms with Gasteiger partial charge < -0.3 is 4.74 Å². The molecule has 90 valence electrons. The van der Waals surface area contributed by atoms with Gasteiger partial charge in [0, 0.05) is 10.0 Å². The van der Waals surface area contributed by atoms with E-state index in [9.17, 15) is 0 Å². The van der Waals surface area contributed by atoms with Crippen molar-refractivity contribution in [1.29, 1.82) is 5.26 Å². The molecule has 0 bridgehead atoms. The van der Waals surface area contributed by atoms with Gasteiger partial charge in [0.05, 0.1) is 16.1 Å². The van der Waals surface area contributed by atoms with Crippen LogP contribution in [0.5, 0.6) is 5.75 Å². The summed E-state index contributed by atoms with van der Waals surface area (Å²) in [4.78, 5) is 0. The van der Waals surface area contributed by atoms with Gasteiger partial charge in [-0.05, 0) is 40.2 Å². The first-order valence-electron chi connectivity index (χ1n) is 5.26. The maximum Gasteiger partial charge on any atom is 0.134 e. The Kier molecular flexibility index (Phi) is 4.40. The van der Waals surface area contributed by atoms with E-state index >= 15 is 0 Å². The van der Waals surface area contributed by atoms with E-state index in [1.54, 1.807) is 18.2 Å². The van der Waals surface area contributed by atoms with Crippen molar-refractivity contribution in [2.24, 2.45) is 0 Å². The summed E-state index contributed by atoms with van der Waals surface area (Å²) in [6, 6.07) is 15.3. The Labute approximate surface area is 122 Å². The molecule has 2 rings (SSSR count). The lowest BCUT2D eigenvalue weighted by Gasteiger charge is -2.09. The van der Waals surface area contributed by atoms with Crippen LogP contribution in [0, 0.1) is 11.3 Å². The average Bonchev–Trinajstić information content (AvgIpc) is 2.39. The molecule has 2 aromatic carbocycles. The predicted molar refractivity (Wildman–Crippen MR) is 77.3 cm³/mol. The largest absolute Gasteiger partial charge is 0.488 e. The summed E-state index contributed by atoms with van der Waals surface area (Å²) in [5, 5.41) is 8.78. The van der Waals surface area contributed by atoms with E-state index in [0.29, 0.717) is 12.2 Å². The van der Waals surface area contributed by atoms with E-state index in [-0.39, 0.29) is 0 Å². The van der Waals surface area contributed by atoms with Crippen LogP contribution in [-0.2, 0) is 6.61 Å². The second-order valence-electron chi connectivity index (χ2n) is 3.64. The van der Waals surface area contributed by atoms with Crippen LogP contribution in [0.2, 0.25) is 0 Å². The van der Waals surface area contributed by atoms with E-state index in [2.05, 4.69) is 37.9 Å². The highest BCUT2D eigenvalue weighted by atomic mass is 79.9. The molecule has 0 aromatic heterocycles. The van der Waals surface area contributed by atoms with Gasteiger partial charge in [0.2, 0.25) is 0 Å². The Bertz CT molecular complexity index is 605. The quantitative estimate of drug-likeness (QED) is 0.791. The van der Waals surface area contributed by atoms with Gasteiger partial charge in [0.25, 0.3) is 0 Å². The summed E-state index contributed by atoms with van der Waals surface area (Å²) in [5.41, 5.74) is 1.68. The third kappa shape index (κ3) is 3.12. The monoisotopic (exact) mass is 365 g/mol. The molecular weight excluding hydrogens is 358 g/mol. The van der Waals surface area contributed by atoms with Crippen LogP contribution in [-0.4, -0.2) is 0 Å². The second kappa shape index (κ2) is 6.03. The fourth-order valence-electron chi connectivity index (χ4n) is 1.46. The van der Waals surface area contributed by atoms with E-state index in [0.717, 1.165) is 20.3 Å². The number of hydrogen-bond donors (Lipinski definition) is 0. The van der Waals surface area contributed by atoms with Gasteiger partial charge >= 0.3 is 0 Å². The average molecular weight is 367 g/mol. The number of rotatable bonds is 3. The molecular formula is C14H9Br2NO. The molecule has 0 aliphatic carbocycles. The molecule has 0 N–H and O–H groups in total. The first kappa shape index (κ1) is 13.1. The molecule has 2 nitrogen and oxygen atoms in total. The Morgan fingerprint density at radius 1 is 1.06 bits per heavy atom. The number of ether oxygens (including phenoxy) is 1. The second-order valence-corrected chi connectivity index (χ2v) is 5.35. The number of nitrogens with zero attached hydrogens (tertiary/aromatic N) is 1. The third-order valence-corrected chi connectivity index (χ3v) is 3.80. The number of nitriles is 1. The van der Waals surface area contributed by atoms with Crippen LogP contribution in [0.1, 0.15) is 11.1 Å². The smallest absolute Gasteiger partial charge is 0.134 e. The van der Waals surface area contributed by atoms with Crippen molar-refractivity contribution in [2.45, 2.75) is 6.61 Å². The first-order chi connectivity index (χ1) is 8.70. The van der Waals surface area contributed by atoms with Gasteiger partial charge in [0.15, 0.2) is 0 Å². The Morgan fingerprint density at radius 3 is 2.50 bits per heavy atom. The number of halogens is 2. The molecule has 0 amide bonds. The zero-order valence-corrected chi connectivity index (χ0v) is 12.5. The van der Waals surface area contributed by atoms with Gasteiger partial charge in [-0.25, -0.2) is 0 Å². The lowest BCUT2D eigenvalue weighted by Crippen LogP contribution is -1.97. The van der Waals surface area contributed by atoms with E-state index in [1.807, 2.05) is 24.3 Å². The summed E-state index contributed by atoms with van der Waals surface area (Å²) in [6.07, 6.45) is 0. The lowest BCUT2D eigenvalue weighted by molar-refractivity contribution is 0.303. The fraction of sp³-hybridized carbons (Fsp3) is 0.0714. The molecule has 18 heavy (non-hydrogen) atoms. The molecule has 0 saturated heterocycles. The minimum atomic E-state index is 0.478. The summed E-state index contributed by atoms with van der Waals surface area (Å²) < 4.78 is 7.53. The lowest BCUT2D eigenvalue weighted by atomic mass is 10.2. The number of hydrogen-bond acceptors (Lipinski definition) is 2. The Balaban J connectivity index is 2.12. The molecule has 0 aliphatic heterocycles. The minimum absolute atomic E-state index is 0.478. The molecule has 2 aromatic rings. The minimum Gasteiger partial charge on any atom is -0.488 e. The maximum atomic E-state index is 8.78. The maximum absolute atomic E-state index is 8.78. The molecule has 0 aliphatic rings. The normalized spacial score (nSPS) is 9.83. The zero-order chi connectivity index (χ0) is 13.0. The van der Waals surface area contributed by atoms with Crippen LogP contribution in [0.4, 0.5) is 0 Å². The molecule has 0 fully saturated rings. The topological polar surface area (TPSA) is 33.0 Å². The standard InChI is InChI=1S/C14H9Br2NO/c15-12-4-2-1-3-11(12)9-18-14-6-5-10(8-17)7-13(14)16/h1-7H,9H2. The van der Waals surface area contributed by atoms with Gasteiger partial charge in [-0.2, -0.15) is 5.26 Å². The molecule has 0 atom stereocenters. The Morgan fingerprint density at radius 2 is 1.83 bits per heavy atom. The summed E-state index contributed by atoms with van der Waals surface area (Å²) in [7, 11) is 0. The highest BCUT2D eigenvalue weighted by molar-refractivity contribution is 9.10. The van der Waals surface area contributed by atoms with Gasteiger partial charge in [-0.3, -0.25) is 0 Å². The van der Waals surface area contributed by atoms with Crippen molar-refractivity contribution in [2.75, 3.05) is 0 Å². The van der Waals surface area contributed by atoms with Crippen molar-refractivity contribution in [1.82, 2.24) is 0 Å². The zero-order valence-electron chi connectivity index (χ0n) is 9.36. The highest BCUT2D eigenvalue weighted by Crippen LogP contribution is 2.27. The summed E-state index contributed by atoms with van der Waals surface area (Å²) in [6.45, 7) is 0.478. The number of benzene rings is 2. The molecule has 0 spiro atoms. The SMILES string of the molecule is N#Cc1ccc(OCc2ccccc2Br)c(Br)c1.